The van der Waals surface area contributed by atoms with Gasteiger partial charge in [-0.1, -0.05) is 24.3 Å². The number of carbonyl (C=O) groups is 1. The van der Waals surface area contributed by atoms with E-state index in [1.807, 2.05) is 66.9 Å². The number of carbonyl (C=O) groups excluding carboxylic acids is 1. The van der Waals surface area contributed by atoms with E-state index in [2.05, 4.69) is 10.3 Å². The summed E-state index contributed by atoms with van der Waals surface area (Å²) in [5.74, 6) is 0.921. The first kappa shape index (κ1) is 21.7. The highest BCUT2D eigenvalue weighted by atomic mass is 16.5. The molecule has 6 aromatic rings. The number of H-pyrrole nitrogens is 1. The van der Waals surface area contributed by atoms with Crippen LogP contribution in [0.4, 0.5) is 0 Å². The molecule has 0 spiro atoms. The summed E-state index contributed by atoms with van der Waals surface area (Å²) in [5, 5.41) is 5.00. The molecule has 36 heavy (non-hydrogen) atoms. The van der Waals surface area contributed by atoms with Crippen LogP contribution in [0.25, 0.3) is 44.2 Å². The fourth-order valence-electron chi connectivity index (χ4n) is 4.63. The number of methoxy groups -OCH3 is 1. The molecule has 6 rings (SSSR count). The summed E-state index contributed by atoms with van der Waals surface area (Å²) in [4.78, 5) is 29.4. The lowest BCUT2D eigenvalue weighted by atomic mass is 10.0. The molecule has 0 aliphatic heterocycles. The van der Waals surface area contributed by atoms with Crippen molar-refractivity contribution in [3.8, 4) is 17.1 Å². The number of hydrogen-bond acceptors (Lipinski definition) is 5. The van der Waals surface area contributed by atoms with Crippen LogP contribution in [0, 0.1) is 0 Å². The zero-order valence-electron chi connectivity index (χ0n) is 19.5. The van der Waals surface area contributed by atoms with Crippen LogP contribution in [-0.4, -0.2) is 18.0 Å². The zero-order chi connectivity index (χ0) is 24.6. The van der Waals surface area contributed by atoms with Crippen molar-refractivity contribution in [1.29, 1.82) is 0 Å². The first-order valence-electron chi connectivity index (χ1n) is 11.6. The SMILES string of the molecule is COc1ccc(-c2oc3c(c2CC(=O)NCc2cccc4[nH]ccc24)c(=O)oc2ccccc23)cc1. The second-order valence-corrected chi connectivity index (χ2v) is 8.54. The van der Waals surface area contributed by atoms with Crippen LogP contribution in [0.3, 0.4) is 0 Å². The maximum atomic E-state index is 13.1. The molecule has 3 aromatic carbocycles. The summed E-state index contributed by atoms with van der Waals surface area (Å²) in [7, 11) is 1.59. The highest BCUT2D eigenvalue weighted by molar-refractivity contribution is 6.05. The quantitative estimate of drug-likeness (QED) is 0.306. The summed E-state index contributed by atoms with van der Waals surface area (Å²) in [5.41, 5.74) is 3.54. The molecule has 7 nitrogen and oxygen atoms in total. The van der Waals surface area contributed by atoms with E-state index in [-0.39, 0.29) is 17.7 Å². The molecule has 3 heterocycles. The summed E-state index contributed by atoms with van der Waals surface area (Å²) in [6, 6.07) is 22.4. The van der Waals surface area contributed by atoms with Crippen LogP contribution >= 0.6 is 0 Å². The molecule has 0 aliphatic rings. The molecule has 2 N–H and O–H groups in total. The second kappa shape index (κ2) is 8.78. The van der Waals surface area contributed by atoms with Gasteiger partial charge in [0.25, 0.3) is 0 Å². The van der Waals surface area contributed by atoms with Crippen LogP contribution < -0.4 is 15.7 Å². The van der Waals surface area contributed by atoms with Crippen LogP contribution in [0.1, 0.15) is 11.1 Å². The molecule has 1 amide bonds. The van der Waals surface area contributed by atoms with E-state index in [1.165, 1.54) is 0 Å². The Balaban J connectivity index is 1.41. The average molecular weight is 479 g/mol. The van der Waals surface area contributed by atoms with E-state index < -0.39 is 5.63 Å². The number of aromatic amines is 1. The van der Waals surface area contributed by atoms with Crippen LogP contribution in [0.2, 0.25) is 0 Å². The van der Waals surface area contributed by atoms with Gasteiger partial charge in [0.15, 0.2) is 5.58 Å². The van der Waals surface area contributed by atoms with Gasteiger partial charge >= 0.3 is 5.63 Å². The van der Waals surface area contributed by atoms with Gasteiger partial charge in [-0.3, -0.25) is 4.79 Å². The van der Waals surface area contributed by atoms with Gasteiger partial charge in [0.2, 0.25) is 5.91 Å². The van der Waals surface area contributed by atoms with Crippen molar-refractivity contribution in [2.24, 2.45) is 0 Å². The van der Waals surface area contributed by atoms with Gasteiger partial charge < -0.3 is 23.9 Å². The number of benzene rings is 3. The number of hydrogen-bond donors (Lipinski definition) is 2. The molecule has 0 bridgehead atoms. The Kier molecular flexibility index (Phi) is 5.30. The lowest BCUT2D eigenvalue weighted by Crippen LogP contribution is -2.25. The van der Waals surface area contributed by atoms with Gasteiger partial charge in [0.1, 0.15) is 22.5 Å². The monoisotopic (exact) mass is 478 g/mol. The Hall–Kier alpha value is -4.78. The molecule has 0 saturated heterocycles. The van der Waals surface area contributed by atoms with Gasteiger partial charge in [0.05, 0.1) is 18.9 Å². The largest absolute Gasteiger partial charge is 0.497 e. The number of amides is 1. The number of aromatic nitrogens is 1. The van der Waals surface area contributed by atoms with Gasteiger partial charge in [0, 0.05) is 34.8 Å². The third kappa shape index (κ3) is 3.71. The summed E-state index contributed by atoms with van der Waals surface area (Å²) < 4.78 is 17.1. The van der Waals surface area contributed by atoms with E-state index in [0.29, 0.717) is 40.2 Å². The Morgan fingerprint density at radius 1 is 0.944 bits per heavy atom. The van der Waals surface area contributed by atoms with E-state index in [9.17, 15) is 9.59 Å². The zero-order valence-corrected chi connectivity index (χ0v) is 19.5. The van der Waals surface area contributed by atoms with Crippen molar-refractivity contribution in [3.05, 3.63) is 101 Å². The van der Waals surface area contributed by atoms with E-state index in [1.54, 1.807) is 19.2 Å². The van der Waals surface area contributed by atoms with Crippen LogP contribution in [-0.2, 0) is 17.8 Å². The fourth-order valence-corrected chi connectivity index (χ4v) is 4.63. The number of ether oxygens (including phenoxy) is 1. The smallest absolute Gasteiger partial charge is 0.347 e. The van der Waals surface area contributed by atoms with E-state index in [0.717, 1.165) is 22.0 Å². The number of para-hydroxylation sites is 1. The predicted octanol–water partition coefficient (Wildman–Crippen LogP) is 5.56. The predicted molar refractivity (Wildman–Crippen MR) is 138 cm³/mol. The summed E-state index contributed by atoms with van der Waals surface area (Å²) >= 11 is 0. The lowest BCUT2D eigenvalue weighted by Gasteiger charge is -2.08. The molecule has 0 radical (unpaired) electrons. The molecular weight excluding hydrogens is 456 g/mol. The van der Waals surface area contributed by atoms with Gasteiger partial charge in [-0.15, -0.1) is 0 Å². The minimum Gasteiger partial charge on any atom is -0.497 e. The summed E-state index contributed by atoms with van der Waals surface area (Å²) in [6.45, 7) is 0.360. The molecule has 3 aromatic heterocycles. The third-order valence-corrected chi connectivity index (χ3v) is 6.40. The van der Waals surface area contributed by atoms with Crippen LogP contribution in [0.15, 0.2) is 92.6 Å². The minimum atomic E-state index is -0.535. The van der Waals surface area contributed by atoms with Crippen molar-refractivity contribution in [2.75, 3.05) is 7.11 Å². The summed E-state index contributed by atoms with van der Waals surface area (Å²) in [6.07, 6.45) is 1.83. The van der Waals surface area contributed by atoms with Crippen molar-refractivity contribution in [3.63, 3.8) is 0 Å². The van der Waals surface area contributed by atoms with E-state index >= 15 is 0 Å². The molecule has 178 valence electrons. The lowest BCUT2D eigenvalue weighted by molar-refractivity contribution is -0.120. The van der Waals surface area contributed by atoms with Gasteiger partial charge in [-0.25, -0.2) is 4.79 Å². The number of fused-ring (bicyclic) bond motifs is 4. The maximum Gasteiger partial charge on any atom is 0.347 e. The highest BCUT2D eigenvalue weighted by Gasteiger charge is 2.24. The first-order valence-corrected chi connectivity index (χ1v) is 11.6. The average Bonchev–Trinajstić information content (AvgIpc) is 3.54. The second-order valence-electron chi connectivity index (χ2n) is 8.54. The van der Waals surface area contributed by atoms with Gasteiger partial charge in [-0.2, -0.15) is 0 Å². The Morgan fingerprint density at radius 3 is 2.61 bits per heavy atom. The maximum absolute atomic E-state index is 13.1. The van der Waals surface area contributed by atoms with Crippen molar-refractivity contribution < 1.29 is 18.4 Å². The van der Waals surface area contributed by atoms with Crippen molar-refractivity contribution >= 4 is 38.7 Å². The minimum absolute atomic E-state index is 0.0411. The first-order chi connectivity index (χ1) is 17.6. The molecular formula is C29H22N2O5. The molecule has 7 heteroatoms. The van der Waals surface area contributed by atoms with E-state index in [4.69, 9.17) is 13.6 Å². The topological polar surface area (TPSA) is 97.5 Å². The normalized spacial score (nSPS) is 11.4. The standard InChI is InChI=1S/C29H22N2O5/c1-34-19-11-9-17(10-12-19)27-22(26-28(36-27)21-6-2-3-8-24(21)35-29(26)33)15-25(32)31-16-18-5-4-7-23-20(18)13-14-30-23/h2-14,30H,15-16H2,1H3,(H,31,32). The molecule has 0 unspecified atom stereocenters. The fraction of sp³-hybridized carbons (Fsp3) is 0.103. The van der Waals surface area contributed by atoms with Crippen molar-refractivity contribution in [2.45, 2.75) is 13.0 Å². The third-order valence-electron chi connectivity index (χ3n) is 6.40. The van der Waals surface area contributed by atoms with Crippen LogP contribution in [0.5, 0.6) is 5.75 Å². The van der Waals surface area contributed by atoms with Crippen molar-refractivity contribution in [1.82, 2.24) is 10.3 Å². The Bertz CT molecular complexity index is 1790. The molecule has 0 saturated carbocycles. The molecule has 0 atom stereocenters. The molecule has 0 aliphatic carbocycles. The Morgan fingerprint density at radius 2 is 1.78 bits per heavy atom. The Labute approximate surface area is 205 Å². The number of nitrogens with one attached hydrogen (secondary N) is 2. The number of rotatable bonds is 6. The number of furan rings is 1. The highest BCUT2D eigenvalue weighted by Crippen LogP contribution is 2.36. The van der Waals surface area contributed by atoms with Gasteiger partial charge in [-0.05, 0) is 54.1 Å². The molecule has 0 fully saturated rings.